The molecule has 2 atom stereocenters. The minimum Gasteiger partial charge on any atom is -0.367 e. The summed E-state index contributed by atoms with van der Waals surface area (Å²) in [6.07, 6.45) is 4.07. The van der Waals surface area contributed by atoms with Crippen molar-refractivity contribution in [3.05, 3.63) is 30.1 Å². The van der Waals surface area contributed by atoms with Crippen LogP contribution in [0, 0.1) is 11.7 Å². The van der Waals surface area contributed by atoms with Gasteiger partial charge < -0.3 is 4.90 Å². The summed E-state index contributed by atoms with van der Waals surface area (Å²) in [5, 5.41) is 0. The van der Waals surface area contributed by atoms with E-state index in [1.165, 1.54) is 19.3 Å². The molecule has 0 amide bonds. The molecular weight excluding hydrogens is 239 g/mol. The number of para-hydroxylation sites is 1. The lowest BCUT2D eigenvalue weighted by Gasteiger charge is -2.39. The maximum atomic E-state index is 13.8. The summed E-state index contributed by atoms with van der Waals surface area (Å²) in [6.45, 7) is 6.41. The molecule has 0 bridgehead atoms. The summed E-state index contributed by atoms with van der Waals surface area (Å²) < 4.78 is 13.8. The highest BCUT2D eigenvalue weighted by molar-refractivity contribution is 5.48. The van der Waals surface area contributed by atoms with Crippen LogP contribution in [-0.2, 0) is 0 Å². The molecular formula is C16H23FN2. The number of nitrogens with zero attached hydrogens (tertiary/aromatic N) is 2. The predicted octanol–water partition coefficient (Wildman–Crippen LogP) is 3.14. The number of benzene rings is 1. The molecule has 2 fully saturated rings. The first kappa shape index (κ1) is 12.9. The number of piperazine rings is 1. The van der Waals surface area contributed by atoms with Gasteiger partial charge in [0, 0.05) is 32.2 Å². The van der Waals surface area contributed by atoms with Crippen LogP contribution in [-0.4, -0.2) is 37.1 Å². The second-order valence-electron chi connectivity index (χ2n) is 6.05. The zero-order chi connectivity index (χ0) is 13.2. The second-order valence-corrected chi connectivity index (χ2v) is 6.05. The Morgan fingerprint density at radius 1 is 1.05 bits per heavy atom. The van der Waals surface area contributed by atoms with Gasteiger partial charge in [0.2, 0.25) is 0 Å². The van der Waals surface area contributed by atoms with E-state index in [9.17, 15) is 4.39 Å². The van der Waals surface area contributed by atoms with E-state index in [1.54, 1.807) is 12.1 Å². The van der Waals surface area contributed by atoms with Gasteiger partial charge in [0.1, 0.15) is 5.82 Å². The van der Waals surface area contributed by atoms with Crippen molar-refractivity contribution >= 4 is 5.69 Å². The maximum Gasteiger partial charge on any atom is 0.146 e. The molecule has 2 nitrogen and oxygen atoms in total. The van der Waals surface area contributed by atoms with Gasteiger partial charge in [-0.05, 0) is 37.3 Å². The average Bonchev–Trinajstić information content (AvgIpc) is 2.86. The van der Waals surface area contributed by atoms with Crippen molar-refractivity contribution in [3.8, 4) is 0 Å². The van der Waals surface area contributed by atoms with E-state index in [1.807, 2.05) is 12.1 Å². The fourth-order valence-electron chi connectivity index (χ4n) is 3.54. The van der Waals surface area contributed by atoms with Crippen LogP contribution in [0.25, 0.3) is 0 Å². The summed E-state index contributed by atoms with van der Waals surface area (Å²) in [4.78, 5) is 4.80. The molecule has 0 aromatic heterocycles. The van der Waals surface area contributed by atoms with Crippen molar-refractivity contribution < 1.29 is 4.39 Å². The molecule has 1 aromatic rings. The van der Waals surface area contributed by atoms with E-state index in [0.717, 1.165) is 43.8 Å². The van der Waals surface area contributed by atoms with Crippen LogP contribution in [0.4, 0.5) is 10.1 Å². The van der Waals surface area contributed by atoms with E-state index in [-0.39, 0.29) is 5.82 Å². The fraction of sp³-hybridized carbons (Fsp3) is 0.625. The van der Waals surface area contributed by atoms with E-state index in [4.69, 9.17) is 0 Å². The number of halogens is 1. The summed E-state index contributed by atoms with van der Waals surface area (Å²) in [5.41, 5.74) is 0.766. The Kier molecular flexibility index (Phi) is 3.74. The van der Waals surface area contributed by atoms with Gasteiger partial charge in [-0.2, -0.15) is 0 Å². The number of hydrogen-bond acceptors (Lipinski definition) is 2. The maximum absolute atomic E-state index is 13.8. The lowest BCUT2D eigenvalue weighted by atomic mass is 10.1. The Balaban J connectivity index is 1.59. The minimum atomic E-state index is -0.0922. The Morgan fingerprint density at radius 3 is 2.42 bits per heavy atom. The van der Waals surface area contributed by atoms with Gasteiger partial charge in [-0.3, -0.25) is 4.90 Å². The molecule has 3 rings (SSSR count). The van der Waals surface area contributed by atoms with Crippen molar-refractivity contribution in [2.75, 3.05) is 31.1 Å². The highest BCUT2D eigenvalue weighted by Gasteiger charge is 2.29. The minimum absolute atomic E-state index is 0.0922. The van der Waals surface area contributed by atoms with E-state index >= 15 is 0 Å². The zero-order valence-corrected chi connectivity index (χ0v) is 11.7. The standard InChI is InChI=1S/C16H23FN2/c1-13-6-7-14(12-13)18-8-10-19(11-9-18)16-5-3-2-4-15(16)17/h2-5,13-14H,6-12H2,1H3/t13-,14-/m0/s1. The molecule has 2 aliphatic rings. The molecule has 1 aliphatic heterocycles. The molecule has 19 heavy (non-hydrogen) atoms. The fourth-order valence-corrected chi connectivity index (χ4v) is 3.54. The highest BCUT2D eigenvalue weighted by atomic mass is 19.1. The zero-order valence-electron chi connectivity index (χ0n) is 11.7. The first-order valence-electron chi connectivity index (χ1n) is 7.47. The molecule has 1 aromatic carbocycles. The SMILES string of the molecule is C[C@H]1CC[C@H](N2CCN(c3ccccc3F)CC2)C1. The van der Waals surface area contributed by atoms with Gasteiger partial charge in [-0.1, -0.05) is 19.1 Å². The monoisotopic (exact) mass is 262 g/mol. The van der Waals surface area contributed by atoms with Crippen molar-refractivity contribution in [3.63, 3.8) is 0 Å². The van der Waals surface area contributed by atoms with Gasteiger partial charge >= 0.3 is 0 Å². The predicted molar refractivity (Wildman–Crippen MR) is 77.0 cm³/mol. The Hall–Kier alpha value is -1.09. The van der Waals surface area contributed by atoms with Crippen LogP contribution >= 0.6 is 0 Å². The molecule has 0 radical (unpaired) electrons. The van der Waals surface area contributed by atoms with Crippen molar-refractivity contribution in [1.82, 2.24) is 4.90 Å². The molecule has 1 heterocycles. The molecule has 0 unspecified atom stereocenters. The van der Waals surface area contributed by atoms with Crippen LogP contribution < -0.4 is 4.90 Å². The van der Waals surface area contributed by atoms with E-state index < -0.39 is 0 Å². The number of anilines is 1. The number of hydrogen-bond donors (Lipinski definition) is 0. The van der Waals surface area contributed by atoms with E-state index in [2.05, 4.69) is 16.7 Å². The van der Waals surface area contributed by atoms with Crippen LogP contribution in [0.15, 0.2) is 24.3 Å². The van der Waals surface area contributed by atoms with Crippen molar-refractivity contribution in [1.29, 1.82) is 0 Å². The third-order valence-electron chi connectivity index (χ3n) is 4.69. The second kappa shape index (κ2) is 5.49. The molecule has 1 aliphatic carbocycles. The average molecular weight is 262 g/mol. The lowest BCUT2D eigenvalue weighted by Crippen LogP contribution is -2.50. The van der Waals surface area contributed by atoms with Gasteiger partial charge in [0.05, 0.1) is 5.69 Å². The normalized spacial score (nSPS) is 28.8. The third-order valence-corrected chi connectivity index (χ3v) is 4.69. The third kappa shape index (κ3) is 2.76. The number of rotatable bonds is 2. The summed E-state index contributed by atoms with van der Waals surface area (Å²) in [7, 11) is 0. The Labute approximate surface area is 115 Å². The van der Waals surface area contributed by atoms with Crippen LogP contribution in [0.1, 0.15) is 26.2 Å². The highest BCUT2D eigenvalue weighted by Crippen LogP contribution is 2.30. The Morgan fingerprint density at radius 2 is 1.79 bits per heavy atom. The smallest absolute Gasteiger partial charge is 0.146 e. The Bertz CT molecular complexity index is 427. The quantitative estimate of drug-likeness (QED) is 0.808. The molecule has 1 saturated carbocycles. The van der Waals surface area contributed by atoms with Gasteiger partial charge in [0.15, 0.2) is 0 Å². The first-order valence-corrected chi connectivity index (χ1v) is 7.47. The van der Waals surface area contributed by atoms with Gasteiger partial charge in [-0.25, -0.2) is 4.39 Å². The summed E-state index contributed by atoms with van der Waals surface area (Å²) >= 11 is 0. The van der Waals surface area contributed by atoms with Crippen LogP contribution in [0.3, 0.4) is 0 Å². The lowest BCUT2D eigenvalue weighted by molar-refractivity contribution is 0.184. The van der Waals surface area contributed by atoms with Gasteiger partial charge in [0.25, 0.3) is 0 Å². The largest absolute Gasteiger partial charge is 0.367 e. The molecule has 3 heteroatoms. The topological polar surface area (TPSA) is 6.48 Å². The van der Waals surface area contributed by atoms with E-state index in [0.29, 0.717) is 0 Å². The van der Waals surface area contributed by atoms with Gasteiger partial charge in [-0.15, -0.1) is 0 Å². The van der Waals surface area contributed by atoms with Crippen LogP contribution in [0.5, 0.6) is 0 Å². The summed E-state index contributed by atoms with van der Waals surface area (Å²) in [5.74, 6) is 0.792. The molecule has 0 spiro atoms. The molecule has 0 N–H and O–H groups in total. The first-order chi connectivity index (χ1) is 9.24. The summed E-state index contributed by atoms with van der Waals surface area (Å²) in [6, 6.07) is 7.90. The molecule has 1 saturated heterocycles. The van der Waals surface area contributed by atoms with Crippen molar-refractivity contribution in [2.45, 2.75) is 32.2 Å². The van der Waals surface area contributed by atoms with Crippen molar-refractivity contribution in [2.24, 2.45) is 5.92 Å². The molecule has 104 valence electrons. The van der Waals surface area contributed by atoms with Crippen LogP contribution in [0.2, 0.25) is 0 Å².